The molecular weight excluding hydrogens is 268 g/mol. The van der Waals surface area contributed by atoms with E-state index in [9.17, 15) is 4.79 Å². The Morgan fingerprint density at radius 2 is 1.90 bits per heavy atom. The number of benzene rings is 1. The fourth-order valence-electron chi connectivity index (χ4n) is 1.50. The number of carboxylic acids is 1. The lowest BCUT2D eigenvalue weighted by Gasteiger charge is -2.06. The van der Waals surface area contributed by atoms with Gasteiger partial charge in [-0.25, -0.2) is 4.79 Å². The molecule has 1 aromatic carbocycles. The molecule has 0 atom stereocenters. The van der Waals surface area contributed by atoms with Crippen LogP contribution >= 0.6 is 0 Å². The molecule has 0 fully saturated rings. The fraction of sp³-hybridized carbons (Fsp3) is 0.188. The number of carbonyl (C=O) groups is 1. The molecule has 0 heterocycles. The topological polar surface area (TPSA) is 94.1 Å². The first kappa shape index (κ1) is 16.0. The molecule has 106 valence electrons. The summed E-state index contributed by atoms with van der Waals surface area (Å²) in [4.78, 5) is 10.5. The smallest absolute Gasteiger partial charge is 0.330 e. The molecule has 5 heteroatoms. The highest BCUT2D eigenvalue weighted by Gasteiger charge is 2.03. The van der Waals surface area contributed by atoms with Crippen LogP contribution < -0.4 is 4.74 Å². The minimum absolute atomic E-state index is 0.0378. The zero-order valence-corrected chi connectivity index (χ0v) is 11.4. The highest BCUT2D eigenvalue weighted by atomic mass is 16.5. The first-order valence-electron chi connectivity index (χ1n) is 6.22. The van der Waals surface area contributed by atoms with Gasteiger partial charge >= 0.3 is 5.97 Å². The summed E-state index contributed by atoms with van der Waals surface area (Å²) >= 11 is 0. The highest BCUT2D eigenvalue weighted by molar-refractivity contribution is 5.85. The van der Waals surface area contributed by atoms with E-state index in [0.717, 1.165) is 5.56 Å². The summed E-state index contributed by atoms with van der Waals surface area (Å²) in [7, 11) is 0. The Labute approximate surface area is 123 Å². The fourth-order valence-corrected chi connectivity index (χ4v) is 1.50. The number of allylic oxidation sites excluding steroid dienone is 1. The molecule has 0 aliphatic heterocycles. The van der Waals surface area contributed by atoms with Crippen molar-refractivity contribution in [2.75, 3.05) is 6.61 Å². The van der Waals surface area contributed by atoms with Crippen molar-refractivity contribution in [3.05, 3.63) is 47.6 Å². The van der Waals surface area contributed by atoms with Crippen molar-refractivity contribution >= 4 is 12.0 Å². The van der Waals surface area contributed by atoms with Crippen LogP contribution in [0, 0.1) is 22.7 Å². The molecule has 0 amide bonds. The van der Waals surface area contributed by atoms with Gasteiger partial charge in [-0.2, -0.15) is 10.5 Å². The molecule has 1 N–H and O–H groups in total. The van der Waals surface area contributed by atoms with E-state index in [4.69, 9.17) is 20.4 Å². The summed E-state index contributed by atoms with van der Waals surface area (Å²) in [6.07, 6.45) is 2.43. The maximum absolute atomic E-state index is 10.5. The SMILES string of the molecule is C=C(CCCOc1ccc(C=C(C#N)C#N)cc1)C(=O)O. The quantitative estimate of drug-likeness (QED) is 0.471. The Morgan fingerprint density at radius 1 is 1.29 bits per heavy atom. The van der Waals surface area contributed by atoms with Crippen molar-refractivity contribution in [1.82, 2.24) is 0 Å². The molecule has 0 bridgehead atoms. The third-order valence-electron chi connectivity index (χ3n) is 2.63. The molecule has 1 rings (SSSR count). The van der Waals surface area contributed by atoms with E-state index in [1.54, 1.807) is 36.4 Å². The number of nitriles is 2. The number of ether oxygens (including phenoxy) is 1. The predicted octanol–water partition coefficient (Wildman–Crippen LogP) is 2.92. The monoisotopic (exact) mass is 282 g/mol. The van der Waals surface area contributed by atoms with Gasteiger partial charge in [0.2, 0.25) is 0 Å². The Kier molecular flexibility index (Phi) is 6.24. The summed E-state index contributed by atoms with van der Waals surface area (Å²) in [5, 5.41) is 26.0. The maximum Gasteiger partial charge on any atom is 0.330 e. The van der Waals surface area contributed by atoms with E-state index < -0.39 is 5.97 Å². The van der Waals surface area contributed by atoms with Gasteiger partial charge in [0.1, 0.15) is 23.5 Å². The number of hydrogen-bond donors (Lipinski definition) is 1. The van der Waals surface area contributed by atoms with E-state index >= 15 is 0 Å². The second-order valence-electron chi connectivity index (χ2n) is 4.21. The first-order chi connectivity index (χ1) is 10.1. The molecule has 0 saturated carbocycles. The van der Waals surface area contributed by atoms with Crippen LogP contribution in [0.25, 0.3) is 6.08 Å². The van der Waals surface area contributed by atoms with Gasteiger partial charge < -0.3 is 9.84 Å². The molecule has 5 nitrogen and oxygen atoms in total. The van der Waals surface area contributed by atoms with Crippen LogP contribution in [0.15, 0.2) is 42.0 Å². The zero-order chi connectivity index (χ0) is 15.7. The molecule has 21 heavy (non-hydrogen) atoms. The summed E-state index contributed by atoms with van der Waals surface area (Å²) in [5.74, 6) is -0.347. The third-order valence-corrected chi connectivity index (χ3v) is 2.63. The van der Waals surface area contributed by atoms with E-state index in [-0.39, 0.29) is 11.1 Å². The van der Waals surface area contributed by atoms with Crippen LogP contribution in [0.1, 0.15) is 18.4 Å². The minimum atomic E-state index is -0.989. The third kappa shape index (κ3) is 5.63. The van der Waals surface area contributed by atoms with E-state index in [2.05, 4.69) is 6.58 Å². The van der Waals surface area contributed by atoms with E-state index in [0.29, 0.717) is 25.2 Å². The predicted molar refractivity (Wildman–Crippen MR) is 77.1 cm³/mol. The Morgan fingerprint density at radius 3 is 2.43 bits per heavy atom. The molecule has 0 spiro atoms. The Hall–Kier alpha value is -3.05. The molecule has 0 aliphatic rings. The molecule has 0 saturated heterocycles. The normalized spacial score (nSPS) is 9.05. The zero-order valence-electron chi connectivity index (χ0n) is 11.4. The van der Waals surface area contributed by atoms with Crippen molar-refractivity contribution in [2.24, 2.45) is 0 Å². The number of nitrogens with zero attached hydrogens (tertiary/aromatic N) is 2. The molecule has 0 aliphatic carbocycles. The van der Waals surface area contributed by atoms with Gasteiger partial charge in [0.25, 0.3) is 0 Å². The van der Waals surface area contributed by atoms with Crippen molar-refractivity contribution < 1.29 is 14.6 Å². The Bertz CT molecular complexity index is 615. The largest absolute Gasteiger partial charge is 0.494 e. The van der Waals surface area contributed by atoms with Crippen molar-refractivity contribution in [3.63, 3.8) is 0 Å². The van der Waals surface area contributed by atoms with Crippen LogP contribution in [-0.2, 0) is 4.79 Å². The van der Waals surface area contributed by atoms with Gasteiger partial charge in [0, 0.05) is 5.57 Å². The molecule has 1 aromatic rings. The van der Waals surface area contributed by atoms with Crippen molar-refractivity contribution in [2.45, 2.75) is 12.8 Å². The van der Waals surface area contributed by atoms with Crippen molar-refractivity contribution in [3.8, 4) is 17.9 Å². The van der Waals surface area contributed by atoms with Crippen LogP contribution in [0.3, 0.4) is 0 Å². The Balaban J connectivity index is 2.48. The lowest BCUT2D eigenvalue weighted by Crippen LogP contribution is -2.02. The number of aliphatic carboxylic acids is 1. The minimum Gasteiger partial charge on any atom is -0.494 e. The number of rotatable bonds is 7. The molecule has 0 aromatic heterocycles. The van der Waals surface area contributed by atoms with Gasteiger partial charge in [-0.15, -0.1) is 0 Å². The molecule has 0 radical (unpaired) electrons. The van der Waals surface area contributed by atoms with E-state index in [1.807, 2.05) is 0 Å². The van der Waals surface area contributed by atoms with Crippen LogP contribution in [0.4, 0.5) is 0 Å². The molecule has 0 unspecified atom stereocenters. The second kappa shape index (κ2) is 8.19. The average molecular weight is 282 g/mol. The van der Waals surface area contributed by atoms with Gasteiger partial charge in [-0.05, 0) is 36.6 Å². The molecular formula is C16H14N2O3. The first-order valence-corrected chi connectivity index (χ1v) is 6.22. The van der Waals surface area contributed by atoms with Crippen LogP contribution in [-0.4, -0.2) is 17.7 Å². The van der Waals surface area contributed by atoms with Crippen LogP contribution in [0.2, 0.25) is 0 Å². The second-order valence-corrected chi connectivity index (χ2v) is 4.21. The lowest BCUT2D eigenvalue weighted by atomic mass is 10.1. The maximum atomic E-state index is 10.5. The van der Waals surface area contributed by atoms with E-state index in [1.165, 1.54) is 6.08 Å². The van der Waals surface area contributed by atoms with Gasteiger partial charge in [0.05, 0.1) is 6.61 Å². The summed E-state index contributed by atoms with van der Waals surface area (Å²) in [6, 6.07) is 10.5. The number of hydrogen-bond acceptors (Lipinski definition) is 4. The summed E-state index contributed by atoms with van der Waals surface area (Å²) < 4.78 is 5.46. The van der Waals surface area contributed by atoms with Crippen molar-refractivity contribution in [1.29, 1.82) is 10.5 Å². The van der Waals surface area contributed by atoms with Gasteiger partial charge in [-0.1, -0.05) is 18.7 Å². The standard InChI is InChI=1S/C16H14N2O3/c1-12(16(19)20)3-2-8-21-15-6-4-13(5-7-15)9-14(10-17)11-18/h4-7,9H,1-3,8H2,(H,19,20). The van der Waals surface area contributed by atoms with Crippen LogP contribution in [0.5, 0.6) is 5.75 Å². The highest BCUT2D eigenvalue weighted by Crippen LogP contribution is 2.15. The van der Waals surface area contributed by atoms with Gasteiger partial charge in [0.15, 0.2) is 0 Å². The number of carboxylic acid groups (broad SMARTS) is 1. The summed E-state index contributed by atoms with van der Waals surface area (Å²) in [6.45, 7) is 3.83. The summed E-state index contributed by atoms with van der Waals surface area (Å²) in [5.41, 5.74) is 0.940. The van der Waals surface area contributed by atoms with Gasteiger partial charge in [-0.3, -0.25) is 0 Å². The lowest BCUT2D eigenvalue weighted by molar-refractivity contribution is -0.132. The average Bonchev–Trinajstić information content (AvgIpc) is 2.50.